The maximum absolute atomic E-state index is 12.4. The minimum atomic E-state index is -3.95. The van der Waals surface area contributed by atoms with Gasteiger partial charge in [0.25, 0.3) is 0 Å². The summed E-state index contributed by atoms with van der Waals surface area (Å²) in [6, 6.07) is 3.55. The van der Waals surface area contributed by atoms with E-state index in [-0.39, 0.29) is 23.5 Å². The van der Waals surface area contributed by atoms with Gasteiger partial charge in [-0.3, -0.25) is 14.9 Å². The number of imide groups is 1. The molecule has 0 spiro atoms. The Morgan fingerprint density at radius 3 is 2.71 bits per heavy atom. The lowest BCUT2D eigenvalue weighted by molar-refractivity contribution is -0.134. The van der Waals surface area contributed by atoms with Gasteiger partial charge in [-0.25, -0.2) is 8.42 Å². The summed E-state index contributed by atoms with van der Waals surface area (Å²) in [4.78, 5) is 22.6. The third kappa shape index (κ3) is 3.60. The van der Waals surface area contributed by atoms with E-state index in [4.69, 9.17) is 4.74 Å². The average Bonchev–Trinajstić information content (AvgIpc) is 2.42. The van der Waals surface area contributed by atoms with Crippen molar-refractivity contribution in [1.29, 1.82) is 0 Å². The van der Waals surface area contributed by atoms with Crippen LogP contribution < -0.4 is 14.8 Å². The molecule has 1 heterocycles. The van der Waals surface area contributed by atoms with Gasteiger partial charge in [0.15, 0.2) is 0 Å². The molecule has 2 rings (SSSR count). The number of hydrogen-bond acceptors (Lipinski definition) is 5. The summed E-state index contributed by atoms with van der Waals surface area (Å²) in [7, 11) is -2.60. The number of carbonyl (C=O) groups excluding carboxylic acids is 2. The molecule has 0 bridgehead atoms. The lowest BCUT2D eigenvalue weighted by atomic mass is 10.1. The Morgan fingerprint density at radius 1 is 1.38 bits per heavy atom. The highest BCUT2D eigenvalue weighted by molar-refractivity contribution is 9.10. The second kappa shape index (κ2) is 6.12. The van der Waals surface area contributed by atoms with Crippen LogP contribution in [0.25, 0.3) is 0 Å². The fourth-order valence-electron chi connectivity index (χ4n) is 1.92. The number of rotatable bonds is 4. The topological polar surface area (TPSA) is 102 Å². The molecule has 0 aliphatic carbocycles. The summed E-state index contributed by atoms with van der Waals surface area (Å²) in [5.74, 6) is -0.891. The van der Waals surface area contributed by atoms with Crippen LogP contribution in [0, 0.1) is 0 Å². The molecule has 9 heteroatoms. The van der Waals surface area contributed by atoms with Gasteiger partial charge in [0.05, 0.1) is 7.11 Å². The summed E-state index contributed by atoms with van der Waals surface area (Å²) in [6.07, 6.45) is 0.217. The molecule has 1 aliphatic rings. The zero-order chi connectivity index (χ0) is 15.6. The molecule has 1 saturated heterocycles. The molecule has 7 nitrogen and oxygen atoms in total. The number of halogens is 1. The molecule has 1 aliphatic heterocycles. The molecule has 2 N–H and O–H groups in total. The van der Waals surface area contributed by atoms with Crippen molar-refractivity contribution >= 4 is 37.8 Å². The normalized spacial score (nSPS) is 19.2. The van der Waals surface area contributed by atoms with Crippen LogP contribution in [0.5, 0.6) is 5.75 Å². The van der Waals surface area contributed by atoms with Gasteiger partial charge in [0.1, 0.15) is 16.7 Å². The van der Waals surface area contributed by atoms with Crippen molar-refractivity contribution < 1.29 is 22.7 Å². The molecule has 1 unspecified atom stereocenters. The van der Waals surface area contributed by atoms with Crippen LogP contribution in [0.4, 0.5) is 0 Å². The Labute approximate surface area is 130 Å². The van der Waals surface area contributed by atoms with Gasteiger partial charge < -0.3 is 4.74 Å². The van der Waals surface area contributed by atoms with Crippen molar-refractivity contribution in [2.75, 3.05) is 7.11 Å². The summed E-state index contributed by atoms with van der Waals surface area (Å²) in [6.45, 7) is 0. The van der Waals surface area contributed by atoms with Gasteiger partial charge in [-0.1, -0.05) is 15.9 Å². The number of nitrogens with one attached hydrogen (secondary N) is 2. The predicted octanol–water partition coefficient (Wildman–Crippen LogP) is 0.541. The molecular formula is C12H13BrN2O5S. The first-order chi connectivity index (χ1) is 9.83. The van der Waals surface area contributed by atoms with Crippen LogP contribution in [0.3, 0.4) is 0 Å². The van der Waals surface area contributed by atoms with Crippen LogP contribution in [0.15, 0.2) is 27.6 Å². The van der Waals surface area contributed by atoms with Gasteiger partial charge in [-0.05, 0) is 24.6 Å². The number of methoxy groups -OCH3 is 1. The number of ether oxygens (including phenoxy) is 1. The van der Waals surface area contributed by atoms with Gasteiger partial charge in [-0.15, -0.1) is 0 Å². The van der Waals surface area contributed by atoms with E-state index in [0.29, 0.717) is 4.47 Å². The Bertz CT molecular complexity index is 689. The number of sulfonamides is 1. The summed E-state index contributed by atoms with van der Waals surface area (Å²) in [5.41, 5.74) is 0. The van der Waals surface area contributed by atoms with Crippen molar-refractivity contribution in [3.05, 3.63) is 22.7 Å². The van der Waals surface area contributed by atoms with Crippen molar-refractivity contribution in [1.82, 2.24) is 10.0 Å². The summed E-state index contributed by atoms with van der Waals surface area (Å²) < 4.78 is 32.6. The molecule has 2 amide bonds. The molecule has 1 aromatic rings. The third-order valence-electron chi connectivity index (χ3n) is 2.95. The number of carbonyl (C=O) groups is 2. The largest absolute Gasteiger partial charge is 0.495 e. The van der Waals surface area contributed by atoms with Crippen LogP contribution in [0.2, 0.25) is 0 Å². The molecule has 1 atom stereocenters. The number of piperidine rings is 1. The SMILES string of the molecule is COc1ccc(Br)cc1S(=O)(=O)NC1CCC(=O)NC1=O. The van der Waals surface area contributed by atoms with E-state index in [0.717, 1.165) is 0 Å². The van der Waals surface area contributed by atoms with E-state index in [9.17, 15) is 18.0 Å². The first kappa shape index (κ1) is 15.9. The quantitative estimate of drug-likeness (QED) is 0.746. The molecule has 1 aromatic carbocycles. The van der Waals surface area contributed by atoms with Crippen molar-refractivity contribution in [2.45, 2.75) is 23.8 Å². The fourth-order valence-corrected chi connectivity index (χ4v) is 3.85. The molecule has 0 saturated carbocycles. The fraction of sp³-hybridized carbons (Fsp3) is 0.333. The van der Waals surface area contributed by atoms with Crippen molar-refractivity contribution in [3.63, 3.8) is 0 Å². The Hall–Kier alpha value is -1.45. The Balaban J connectivity index is 2.28. The third-order valence-corrected chi connectivity index (χ3v) is 4.94. The van der Waals surface area contributed by atoms with Gasteiger partial charge in [-0.2, -0.15) is 4.72 Å². The zero-order valence-electron chi connectivity index (χ0n) is 11.1. The molecule has 114 valence electrons. The zero-order valence-corrected chi connectivity index (χ0v) is 13.5. The number of hydrogen-bond donors (Lipinski definition) is 2. The van der Waals surface area contributed by atoms with E-state index < -0.39 is 27.9 Å². The van der Waals surface area contributed by atoms with E-state index in [2.05, 4.69) is 26.0 Å². The second-order valence-corrected chi connectivity index (χ2v) is 7.02. The highest BCUT2D eigenvalue weighted by atomic mass is 79.9. The molecule has 0 radical (unpaired) electrons. The minimum absolute atomic E-state index is 0.0796. The standard InChI is InChI=1S/C12H13BrN2O5S/c1-20-9-4-2-7(13)6-10(9)21(18,19)15-8-3-5-11(16)14-12(8)17/h2,4,6,8,15H,3,5H2,1H3,(H,14,16,17). The Kier molecular flexibility index (Phi) is 4.64. The summed E-state index contributed by atoms with van der Waals surface area (Å²) in [5, 5.41) is 2.10. The van der Waals surface area contributed by atoms with Crippen LogP contribution >= 0.6 is 15.9 Å². The maximum Gasteiger partial charge on any atom is 0.245 e. The molecular weight excluding hydrogens is 364 g/mol. The molecule has 21 heavy (non-hydrogen) atoms. The van der Waals surface area contributed by atoms with Crippen LogP contribution in [0.1, 0.15) is 12.8 Å². The van der Waals surface area contributed by atoms with E-state index in [1.165, 1.54) is 19.2 Å². The molecule has 0 aromatic heterocycles. The second-order valence-electron chi connectivity index (χ2n) is 4.42. The monoisotopic (exact) mass is 376 g/mol. The lowest BCUT2D eigenvalue weighted by Gasteiger charge is -2.22. The van der Waals surface area contributed by atoms with Crippen molar-refractivity contribution in [3.8, 4) is 5.75 Å². The predicted molar refractivity (Wildman–Crippen MR) is 77.2 cm³/mol. The summed E-state index contributed by atoms with van der Waals surface area (Å²) >= 11 is 3.19. The van der Waals surface area contributed by atoms with Crippen LogP contribution in [-0.4, -0.2) is 33.4 Å². The van der Waals surface area contributed by atoms with Gasteiger partial charge in [0, 0.05) is 10.9 Å². The lowest BCUT2D eigenvalue weighted by Crippen LogP contribution is -2.52. The van der Waals surface area contributed by atoms with Gasteiger partial charge >= 0.3 is 0 Å². The maximum atomic E-state index is 12.4. The first-order valence-electron chi connectivity index (χ1n) is 6.03. The van der Waals surface area contributed by atoms with Gasteiger partial charge in [0.2, 0.25) is 21.8 Å². The number of amides is 2. The van der Waals surface area contributed by atoms with E-state index in [1.807, 2.05) is 0 Å². The smallest absolute Gasteiger partial charge is 0.245 e. The molecule has 1 fully saturated rings. The van der Waals surface area contributed by atoms with Crippen LogP contribution in [-0.2, 0) is 19.6 Å². The number of benzene rings is 1. The Morgan fingerprint density at radius 2 is 2.10 bits per heavy atom. The average molecular weight is 377 g/mol. The van der Waals surface area contributed by atoms with E-state index in [1.54, 1.807) is 6.07 Å². The first-order valence-corrected chi connectivity index (χ1v) is 8.30. The van der Waals surface area contributed by atoms with Crippen molar-refractivity contribution in [2.24, 2.45) is 0 Å². The highest BCUT2D eigenvalue weighted by Gasteiger charge is 2.32. The highest BCUT2D eigenvalue weighted by Crippen LogP contribution is 2.27. The van der Waals surface area contributed by atoms with E-state index >= 15 is 0 Å². The minimum Gasteiger partial charge on any atom is -0.495 e.